The van der Waals surface area contributed by atoms with E-state index in [1.165, 1.54) is 34.9 Å². The second kappa shape index (κ2) is 12.1. The number of H-pyrrole nitrogens is 1. The van der Waals surface area contributed by atoms with Gasteiger partial charge in [-0.15, -0.1) is 0 Å². The van der Waals surface area contributed by atoms with Crippen molar-refractivity contribution in [3.8, 4) is 11.5 Å². The van der Waals surface area contributed by atoms with Crippen molar-refractivity contribution in [2.75, 3.05) is 37.6 Å². The predicted molar refractivity (Wildman–Crippen MR) is 171 cm³/mol. The molecule has 1 saturated heterocycles. The number of carboxylic acids is 1. The van der Waals surface area contributed by atoms with E-state index in [2.05, 4.69) is 40.8 Å². The first-order valence-corrected chi connectivity index (χ1v) is 15.4. The van der Waals surface area contributed by atoms with Gasteiger partial charge in [0.25, 0.3) is 0 Å². The number of piperazine rings is 1. The summed E-state index contributed by atoms with van der Waals surface area (Å²) in [5.74, 6) is -1.86. The van der Waals surface area contributed by atoms with E-state index in [0.29, 0.717) is 29.7 Å². The van der Waals surface area contributed by atoms with Gasteiger partial charge in [0.05, 0.1) is 0 Å². The van der Waals surface area contributed by atoms with Crippen LogP contribution in [0.5, 0.6) is 11.5 Å². The van der Waals surface area contributed by atoms with Crippen LogP contribution in [0.3, 0.4) is 0 Å². The summed E-state index contributed by atoms with van der Waals surface area (Å²) in [5.41, 5.74) is 4.12. The highest BCUT2D eigenvalue weighted by Gasteiger charge is 2.36. The standard InChI is InChI=1S/C35H35ClF3N3O3/c1-34(2)11-9-24(28(20-34)22-3-5-25(36)6-4-22)21-41-13-15-42(16-14-41)26-7-8-27(33(43)44)31(18-26)45-32-17-23-10-12-40-30(23)19-29(32)35(37,38)39/h3-8,10,12,17-19,40H,9,11,13-16,20-21H2,1-2H3,(H,43,44). The maximum Gasteiger partial charge on any atom is 0.420 e. The lowest BCUT2D eigenvalue weighted by Gasteiger charge is -2.39. The van der Waals surface area contributed by atoms with Crippen LogP contribution in [0.15, 0.2) is 72.4 Å². The number of halogens is 4. The van der Waals surface area contributed by atoms with Gasteiger partial charge in [-0.3, -0.25) is 4.90 Å². The number of ether oxygens (including phenoxy) is 1. The number of hydrogen-bond acceptors (Lipinski definition) is 4. The number of carbonyl (C=O) groups is 1. The van der Waals surface area contributed by atoms with Gasteiger partial charge in [-0.25, -0.2) is 4.79 Å². The quantitative estimate of drug-likeness (QED) is 0.212. The van der Waals surface area contributed by atoms with Gasteiger partial charge in [-0.1, -0.05) is 43.2 Å². The van der Waals surface area contributed by atoms with Crippen molar-refractivity contribution >= 4 is 39.7 Å². The van der Waals surface area contributed by atoms with Crippen LogP contribution in [0.25, 0.3) is 16.5 Å². The van der Waals surface area contributed by atoms with Crippen molar-refractivity contribution in [1.29, 1.82) is 0 Å². The Morgan fingerprint density at radius 2 is 1.73 bits per heavy atom. The molecule has 0 spiro atoms. The van der Waals surface area contributed by atoms with Crippen LogP contribution >= 0.6 is 11.6 Å². The molecule has 2 N–H and O–H groups in total. The zero-order chi connectivity index (χ0) is 31.9. The molecule has 2 aliphatic rings. The van der Waals surface area contributed by atoms with E-state index in [1.807, 2.05) is 12.1 Å². The Morgan fingerprint density at radius 3 is 2.42 bits per heavy atom. The summed E-state index contributed by atoms with van der Waals surface area (Å²) in [6, 6.07) is 16.6. The molecule has 45 heavy (non-hydrogen) atoms. The summed E-state index contributed by atoms with van der Waals surface area (Å²) in [6.07, 6.45) is 0.0301. The highest BCUT2D eigenvalue weighted by atomic mass is 35.5. The van der Waals surface area contributed by atoms with Crippen LogP contribution in [0.4, 0.5) is 18.9 Å². The number of aromatic carboxylic acids is 1. The molecule has 4 aromatic rings. The Kier molecular flexibility index (Phi) is 8.35. The number of nitrogens with zero attached hydrogens (tertiary/aromatic N) is 2. The molecule has 236 valence electrons. The molecule has 1 aromatic heterocycles. The van der Waals surface area contributed by atoms with E-state index in [1.54, 1.807) is 18.3 Å². The average molecular weight is 638 g/mol. The smallest absolute Gasteiger partial charge is 0.420 e. The van der Waals surface area contributed by atoms with E-state index in [0.717, 1.165) is 50.0 Å². The second-order valence-corrected chi connectivity index (χ2v) is 13.1. The molecule has 0 saturated carbocycles. The fraction of sp³-hybridized carbons (Fsp3) is 0.343. The largest absolute Gasteiger partial charge is 0.478 e. The first-order chi connectivity index (χ1) is 21.4. The average Bonchev–Trinajstić information content (AvgIpc) is 3.45. The van der Waals surface area contributed by atoms with Gasteiger partial charge in [0.15, 0.2) is 0 Å². The van der Waals surface area contributed by atoms with E-state index in [-0.39, 0.29) is 16.7 Å². The van der Waals surface area contributed by atoms with Gasteiger partial charge in [0.2, 0.25) is 0 Å². The third-order valence-electron chi connectivity index (χ3n) is 8.90. The second-order valence-electron chi connectivity index (χ2n) is 12.7. The lowest BCUT2D eigenvalue weighted by Crippen LogP contribution is -2.47. The molecule has 1 aliphatic carbocycles. The lowest BCUT2D eigenvalue weighted by molar-refractivity contribution is -0.138. The third-order valence-corrected chi connectivity index (χ3v) is 9.16. The molecule has 6 rings (SSSR count). The maximum atomic E-state index is 14.0. The molecular formula is C35H35ClF3N3O3. The molecular weight excluding hydrogens is 603 g/mol. The molecule has 0 amide bonds. The van der Waals surface area contributed by atoms with E-state index in [4.69, 9.17) is 16.3 Å². The summed E-state index contributed by atoms with van der Waals surface area (Å²) >= 11 is 6.17. The summed E-state index contributed by atoms with van der Waals surface area (Å²) in [4.78, 5) is 19.4. The van der Waals surface area contributed by atoms with Gasteiger partial charge in [0.1, 0.15) is 22.6 Å². The van der Waals surface area contributed by atoms with Gasteiger partial charge in [-0.05, 0) is 78.3 Å². The zero-order valence-corrected chi connectivity index (χ0v) is 25.9. The summed E-state index contributed by atoms with van der Waals surface area (Å²) in [7, 11) is 0. The molecule has 0 radical (unpaired) electrons. The Hall–Kier alpha value is -3.95. The number of hydrogen-bond donors (Lipinski definition) is 2. The number of aromatic amines is 1. The fourth-order valence-electron chi connectivity index (χ4n) is 6.37. The van der Waals surface area contributed by atoms with Crippen molar-refractivity contribution in [2.45, 2.75) is 39.3 Å². The SMILES string of the molecule is CC1(C)CCC(CN2CCN(c3ccc(C(=O)O)c(Oc4cc5cc[nH]c5cc4C(F)(F)F)c3)CC2)=C(c2ccc(Cl)cc2)C1. The van der Waals surface area contributed by atoms with Gasteiger partial charge in [-0.2, -0.15) is 13.2 Å². The minimum atomic E-state index is -4.69. The van der Waals surface area contributed by atoms with Crippen LogP contribution in [0, 0.1) is 5.41 Å². The van der Waals surface area contributed by atoms with Crippen molar-refractivity contribution in [3.05, 3.63) is 94.1 Å². The highest BCUT2D eigenvalue weighted by Crippen LogP contribution is 2.44. The number of rotatable bonds is 7. The summed E-state index contributed by atoms with van der Waals surface area (Å²) < 4.78 is 47.7. The van der Waals surface area contributed by atoms with Gasteiger partial charge < -0.3 is 19.7 Å². The minimum Gasteiger partial charge on any atom is -0.478 e. The van der Waals surface area contributed by atoms with Crippen LogP contribution in [-0.2, 0) is 6.18 Å². The van der Waals surface area contributed by atoms with Crippen molar-refractivity contribution in [2.24, 2.45) is 5.41 Å². The van der Waals surface area contributed by atoms with Crippen LogP contribution in [0.2, 0.25) is 5.02 Å². The number of fused-ring (bicyclic) bond motifs is 1. The monoisotopic (exact) mass is 637 g/mol. The topological polar surface area (TPSA) is 68.8 Å². The number of anilines is 1. The summed E-state index contributed by atoms with van der Waals surface area (Å²) in [6.45, 7) is 8.45. The molecule has 0 unspecified atom stereocenters. The lowest BCUT2D eigenvalue weighted by atomic mass is 9.72. The van der Waals surface area contributed by atoms with E-state index < -0.39 is 23.5 Å². The van der Waals surface area contributed by atoms with Gasteiger partial charge in [0, 0.05) is 66.6 Å². The van der Waals surface area contributed by atoms with Gasteiger partial charge >= 0.3 is 12.1 Å². The summed E-state index contributed by atoms with van der Waals surface area (Å²) in [5, 5.41) is 11.1. The van der Waals surface area contributed by atoms with E-state index >= 15 is 0 Å². The molecule has 0 atom stereocenters. The maximum absolute atomic E-state index is 14.0. The molecule has 3 aromatic carbocycles. The predicted octanol–water partition coefficient (Wildman–Crippen LogP) is 9.12. The molecule has 1 aliphatic heterocycles. The first-order valence-electron chi connectivity index (χ1n) is 15.0. The van der Waals surface area contributed by atoms with Crippen molar-refractivity contribution in [1.82, 2.24) is 9.88 Å². The number of allylic oxidation sites excluding steroid dienone is 1. The molecule has 6 nitrogen and oxygen atoms in total. The van der Waals surface area contributed by atoms with E-state index in [9.17, 15) is 23.1 Å². The molecule has 10 heteroatoms. The van der Waals surface area contributed by atoms with Crippen molar-refractivity contribution < 1.29 is 27.8 Å². The molecule has 0 bridgehead atoms. The number of nitrogens with one attached hydrogen (secondary N) is 1. The number of carboxylic acid groups (broad SMARTS) is 1. The Morgan fingerprint density at radius 1 is 1.00 bits per heavy atom. The Bertz CT molecular complexity index is 1750. The van der Waals surface area contributed by atoms with Crippen LogP contribution in [0.1, 0.15) is 54.6 Å². The Labute approximate surface area is 265 Å². The molecule has 1 fully saturated rings. The van der Waals surface area contributed by atoms with Crippen molar-refractivity contribution in [3.63, 3.8) is 0 Å². The highest BCUT2D eigenvalue weighted by molar-refractivity contribution is 6.30. The van der Waals surface area contributed by atoms with Crippen LogP contribution in [-0.4, -0.2) is 53.7 Å². The fourth-order valence-corrected chi connectivity index (χ4v) is 6.50. The minimum absolute atomic E-state index is 0.134. The third kappa shape index (κ3) is 6.84. The molecule has 2 heterocycles. The zero-order valence-electron chi connectivity index (χ0n) is 25.2. The Balaban J connectivity index is 1.21. The number of aromatic nitrogens is 1. The first kappa shape index (κ1) is 31.0. The number of alkyl halides is 3. The van der Waals surface area contributed by atoms with Crippen LogP contribution < -0.4 is 9.64 Å². The normalized spacial score (nSPS) is 17.6. The number of benzene rings is 3.